The van der Waals surface area contributed by atoms with Crippen LogP contribution < -0.4 is 20.7 Å². The van der Waals surface area contributed by atoms with Crippen molar-refractivity contribution in [2.75, 3.05) is 57.8 Å². The molecule has 1 amide bonds. The van der Waals surface area contributed by atoms with Crippen molar-refractivity contribution in [2.45, 2.75) is 25.7 Å². The first kappa shape index (κ1) is 28.7. The Morgan fingerprint density at radius 1 is 1.05 bits per heavy atom. The highest BCUT2D eigenvalue weighted by Crippen LogP contribution is 2.29. The number of fused-ring (bicyclic) bond motifs is 2. The molecule has 1 saturated heterocycles. The third kappa shape index (κ3) is 6.98. The maximum Gasteiger partial charge on any atom is 0.220 e. The highest BCUT2D eigenvalue weighted by atomic mass is 16.5. The van der Waals surface area contributed by atoms with Crippen LogP contribution in [0.3, 0.4) is 0 Å². The number of benzene rings is 2. The summed E-state index contributed by atoms with van der Waals surface area (Å²) >= 11 is 0. The summed E-state index contributed by atoms with van der Waals surface area (Å²) in [5.74, 6) is 2.41. The molecule has 1 fully saturated rings. The van der Waals surface area contributed by atoms with Crippen molar-refractivity contribution in [2.24, 2.45) is 5.73 Å². The van der Waals surface area contributed by atoms with Crippen LogP contribution in [0.4, 0.5) is 5.69 Å². The highest BCUT2D eigenvalue weighted by molar-refractivity contribution is 5.90. The first-order valence-corrected chi connectivity index (χ1v) is 15.2. The summed E-state index contributed by atoms with van der Waals surface area (Å²) in [6.07, 6.45) is 8.97. The zero-order valence-corrected chi connectivity index (χ0v) is 24.7. The zero-order chi connectivity index (χ0) is 29.6. The first-order chi connectivity index (χ1) is 21.1. The van der Waals surface area contributed by atoms with E-state index in [-0.39, 0.29) is 5.91 Å². The van der Waals surface area contributed by atoms with Gasteiger partial charge in [-0.25, -0.2) is 9.97 Å². The number of piperazine rings is 1. The number of allylic oxidation sites excluding steroid dienone is 3. The molecule has 5 N–H and O–H groups in total. The largest absolute Gasteiger partial charge is 0.494 e. The van der Waals surface area contributed by atoms with Crippen molar-refractivity contribution < 1.29 is 9.53 Å². The van der Waals surface area contributed by atoms with Gasteiger partial charge in [-0.3, -0.25) is 4.79 Å². The van der Waals surface area contributed by atoms with Gasteiger partial charge >= 0.3 is 0 Å². The molecule has 10 heteroatoms. The van der Waals surface area contributed by atoms with Crippen molar-refractivity contribution in [1.82, 2.24) is 30.2 Å². The van der Waals surface area contributed by atoms with Crippen LogP contribution in [0.25, 0.3) is 34.1 Å². The fourth-order valence-electron chi connectivity index (χ4n) is 5.45. The van der Waals surface area contributed by atoms with E-state index in [4.69, 9.17) is 20.4 Å². The lowest BCUT2D eigenvalue weighted by atomic mass is 10.2. The summed E-state index contributed by atoms with van der Waals surface area (Å²) in [6, 6.07) is 14.4. The van der Waals surface area contributed by atoms with E-state index in [9.17, 15) is 4.79 Å². The van der Waals surface area contributed by atoms with Gasteiger partial charge in [0.2, 0.25) is 5.91 Å². The molecule has 43 heavy (non-hydrogen) atoms. The molecule has 0 atom stereocenters. The standard InChI is InChI=1S/C33H40N8O2/c1-40-15-17-41(18-16-40)25-11-12-28-30(22-25)39-33(37-28)24-7-3-9-27-29(21-24)38-32(36-27)23-6-2-8-26(20-23)43-19-4-10-31(42)35-14-5-13-34/h2-3,6-8,11-12,20-22H,4-5,9-10,13-19,34H2,1H3,(H,35,42)(H,36,38)(H,37,39). The molecule has 10 nitrogen and oxygen atoms in total. The molecule has 224 valence electrons. The molecule has 1 aliphatic heterocycles. The monoisotopic (exact) mass is 580 g/mol. The maximum absolute atomic E-state index is 11.9. The number of amides is 1. The number of anilines is 1. The predicted octanol–water partition coefficient (Wildman–Crippen LogP) is 3.98. The van der Waals surface area contributed by atoms with Crippen LogP contribution in [0.15, 0.2) is 54.6 Å². The Kier molecular flexibility index (Phi) is 8.85. The number of likely N-dealkylation sites (N-methyl/N-ethyl adjacent to an activating group) is 1. The fraction of sp³-hybridized carbons (Fsp3) is 0.364. The molecule has 3 heterocycles. The quantitative estimate of drug-likeness (QED) is 0.198. The van der Waals surface area contributed by atoms with E-state index < -0.39 is 0 Å². The summed E-state index contributed by atoms with van der Waals surface area (Å²) in [5.41, 5.74) is 12.6. The molecule has 0 saturated carbocycles. The number of rotatable bonds is 11. The van der Waals surface area contributed by atoms with Gasteiger partial charge in [-0.2, -0.15) is 0 Å². The smallest absolute Gasteiger partial charge is 0.220 e. The van der Waals surface area contributed by atoms with Gasteiger partial charge in [0.15, 0.2) is 0 Å². The number of nitrogens with zero attached hydrogens (tertiary/aromatic N) is 4. The molecule has 2 aromatic carbocycles. The van der Waals surface area contributed by atoms with Gasteiger partial charge in [-0.05, 0) is 62.8 Å². The second-order valence-corrected chi connectivity index (χ2v) is 11.2. The summed E-state index contributed by atoms with van der Waals surface area (Å²) in [5, 5.41) is 2.87. The summed E-state index contributed by atoms with van der Waals surface area (Å²) < 4.78 is 5.94. The third-order valence-corrected chi connectivity index (χ3v) is 7.96. The lowest BCUT2D eigenvalue weighted by Gasteiger charge is -2.34. The Labute approximate surface area is 252 Å². The van der Waals surface area contributed by atoms with Crippen LogP contribution >= 0.6 is 0 Å². The van der Waals surface area contributed by atoms with Crippen LogP contribution in [-0.2, 0) is 11.2 Å². The minimum atomic E-state index is 0.0300. The number of hydrogen-bond acceptors (Lipinski definition) is 7. The van der Waals surface area contributed by atoms with Crippen LogP contribution in [0.2, 0.25) is 0 Å². The average Bonchev–Trinajstić information content (AvgIpc) is 3.58. The number of ether oxygens (including phenoxy) is 1. The summed E-state index contributed by atoms with van der Waals surface area (Å²) in [6.45, 7) is 5.88. The second kappa shape index (κ2) is 13.3. The summed E-state index contributed by atoms with van der Waals surface area (Å²) in [4.78, 5) is 33.6. The number of nitrogens with two attached hydrogens (primary N) is 1. The Bertz CT molecular complexity index is 1630. The molecule has 0 unspecified atom stereocenters. The number of carbonyl (C=O) groups is 1. The molecule has 0 radical (unpaired) electrons. The molecule has 2 aliphatic rings. The number of nitrogens with one attached hydrogen (secondary N) is 3. The Hall–Kier alpha value is -4.41. The number of hydrogen-bond donors (Lipinski definition) is 4. The number of carbonyl (C=O) groups excluding carboxylic acids is 1. The van der Waals surface area contributed by atoms with Gasteiger partial charge in [-0.1, -0.05) is 24.3 Å². The Morgan fingerprint density at radius 2 is 1.93 bits per heavy atom. The van der Waals surface area contributed by atoms with Crippen molar-refractivity contribution in [3.05, 3.63) is 71.8 Å². The minimum absolute atomic E-state index is 0.0300. The molecule has 1 aliphatic carbocycles. The van der Waals surface area contributed by atoms with Crippen molar-refractivity contribution >= 4 is 34.3 Å². The van der Waals surface area contributed by atoms with Gasteiger partial charge in [0, 0.05) is 68.1 Å². The molecule has 4 aromatic rings. The van der Waals surface area contributed by atoms with E-state index in [1.165, 1.54) is 5.69 Å². The summed E-state index contributed by atoms with van der Waals surface area (Å²) in [7, 11) is 2.17. The number of aromatic nitrogens is 4. The van der Waals surface area contributed by atoms with Gasteiger partial charge in [-0.15, -0.1) is 0 Å². The first-order valence-electron chi connectivity index (χ1n) is 15.2. The van der Waals surface area contributed by atoms with Crippen LogP contribution in [0.5, 0.6) is 5.75 Å². The second-order valence-electron chi connectivity index (χ2n) is 11.2. The number of aromatic amines is 2. The minimum Gasteiger partial charge on any atom is -0.494 e. The van der Waals surface area contributed by atoms with E-state index in [1.807, 2.05) is 24.3 Å². The average molecular weight is 581 g/mol. The third-order valence-electron chi connectivity index (χ3n) is 7.96. The van der Waals surface area contributed by atoms with Gasteiger partial charge in [0.05, 0.1) is 23.3 Å². The predicted molar refractivity (Wildman–Crippen MR) is 172 cm³/mol. The van der Waals surface area contributed by atoms with Crippen LogP contribution in [0, 0.1) is 0 Å². The molecule has 2 aromatic heterocycles. The fourth-order valence-corrected chi connectivity index (χ4v) is 5.45. The molecule has 0 spiro atoms. The van der Waals surface area contributed by atoms with Gasteiger partial charge in [0.1, 0.15) is 17.4 Å². The van der Waals surface area contributed by atoms with Gasteiger partial charge in [0.25, 0.3) is 0 Å². The van der Waals surface area contributed by atoms with E-state index >= 15 is 0 Å². The van der Waals surface area contributed by atoms with Gasteiger partial charge < -0.3 is 35.6 Å². The van der Waals surface area contributed by atoms with Crippen LogP contribution in [-0.4, -0.2) is 83.7 Å². The molecule has 0 bridgehead atoms. The highest BCUT2D eigenvalue weighted by Gasteiger charge is 2.17. The Balaban J connectivity index is 1.13. The van der Waals surface area contributed by atoms with Crippen LogP contribution in [0.1, 0.15) is 36.5 Å². The lowest BCUT2D eigenvalue weighted by molar-refractivity contribution is -0.121. The number of H-pyrrole nitrogens is 2. The Morgan fingerprint density at radius 3 is 2.79 bits per heavy atom. The van der Waals surface area contributed by atoms with Crippen molar-refractivity contribution in [3.63, 3.8) is 0 Å². The van der Waals surface area contributed by atoms with E-state index in [2.05, 4.69) is 68.6 Å². The lowest BCUT2D eigenvalue weighted by Crippen LogP contribution is -2.44. The normalized spacial score (nSPS) is 15.3. The molecular formula is C33H40N8O2. The topological polar surface area (TPSA) is 128 Å². The number of imidazole rings is 2. The maximum atomic E-state index is 11.9. The molecule has 6 rings (SSSR count). The van der Waals surface area contributed by atoms with E-state index in [0.717, 1.165) is 90.0 Å². The van der Waals surface area contributed by atoms with E-state index in [1.54, 1.807) is 0 Å². The van der Waals surface area contributed by atoms with Crippen molar-refractivity contribution in [3.8, 4) is 17.1 Å². The van der Waals surface area contributed by atoms with Crippen molar-refractivity contribution in [1.29, 1.82) is 0 Å². The SMILES string of the molecule is CN1CCN(c2ccc3nc(C4=Cc5nc(-c6cccc(OCCCC(=O)NCCCN)c6)[nH]c5CC=C4)[nH]c3c2)CC1. The molecular weight excluding hydrogens is 540 g/mol. The zero-order valence-electron chi connectivity index (χ0n) is 24.7. The van der Waals surface area contributed by atoms with E-state index in [0.29, 0.717) is 32.5 Å².